The van der Waals surface area contributed by atoms with Gasteiger partial charge in [0, 0.05) is 12.8 Å². The van der Waals surface area contributed by atoms with Crippen molar-refractivity contribution in [1.29, 1.82) is 0 Å². The number of rotatable bonds is 4. The van der Waals surface area contributed by atoms with E-state index < -0.39 is 0 Å². The molecule has 84 valence electrons. The molecular weight excluding hydrogens is 202 g/mol. The number of hydrogen-bond acceptors (Lipinski definition) is 2. The summed E-state index contributed by atoms with van der Waals surface area (Å²) in [6.07, 6.45) is 2.60. The maximum absolute atomic E-state index is 11.5. The van der Waals surface area contributed by atoms with Gasteiger partial charge < -0.3 is 5.32 Å². The van der Waals surface area contributed by atoms with Gasteiger partial charge in [0.15, 0.2) is 5.78 Å². The third-order valence-corrected chi connectivity index (χ3v) is 2.89. The van der Waals surface area contributed by atoms with Gasteiger partial charge in [0.1, 0.15) is 0 Å². The van der Waals surface area contributed by atoms with Crippen LogP contribution in [0.5, 0.6) is 0 Å². The summed E-state index contributed by atoms with van der Waals surface area (Å²) >= 11 is 0. The van der Waals surface area contributed by atoms with Crippen molar-refractivity contribution >= 4 is 11.7 Å². The Bertz CT molecular complexity index is 386. The molecule has 2 rings (SSSR count). The first kappa shape index (κ1) is 10.9. The first-order valence-electron chi connectivity index (χ1n) is 5.62. The van der Waals surface area contributed by atoms with Crippen molar-refractivity contribution in [3.8, 4) is 0 Å². The van der Waals surface area contributed by atoms with Gasteiger partial charge in [-0.25, -0.2) is 0 Å². The summed E-state index contributed by atoms with van der Waals surface area (Å²) in [6.45, 7) is 0. The Balaban J connectivity index is 1.74. The third-order valence-electron chi connectivity index (χ3n) is 2.89. The van der Waals surface area contributed by atoms with Crippen LogP contribution in [0.2, 0.25) is 0 Å². The lowest BCUT2D eigenvalue weighted by atomic mass is 9.91. The highest BCUT2D eigenvalue weighted by Gasteiger charge is 2.28. The number of amides is 1. The second-order valence-corrected chi connectivity index (χ2v) is 4.11. The summed E-state index contributed by atoms with van der Waals surface area (Å²) < 4.78 is 0. The van der Waals surface area contributed by atoms with Crippen LogP contribution >= 0.6 is 0 Å². The SMILES string of the molecule is O=C(CCc1ccccc1)N[C@H]1CCC1=O. The Morgan fingerprint density at radius 1 is 1.31 bits per heavy atom. The number of Topliss-reactive ketones (excluding diaryl/α,β-unsaturated/α-hetero) is 1. The maximum Gasteiger partial charge on any atom is 0.220 e. The van der Waals surface area contributed by atoms with Crippen molar-refractivity contribution in [2.75, 3.05) is 0 Å². The predicted octanol–water partition coefficient (Wildman–Crippen LogP) is 1.47. The van der Waals surface area contributed by atoms with Crippen molar-refractivity contribution < 1.29 is 9.59 Å². The Morgan fingerprint density at radius 3 is 2.62 bits per heavy atom. The van der Waals surface area contributed by atoms with Crippen molar-refractivity contribution in [3.05, 3.63) is 35.9 Å². The molecule has 0 bridgehead atoms. The molecule has 0 unspecified atom stereocenters. The van der Waals surface area contributed by atoms with Gasteiger partial charge in [0.05, 0.1) is 6.04 Å². The molecular formula is C13H15NO2. The Hall–Kier alpha value is -1.64. The molecule has 1 amide bonds. The largest absolute Gasteiger partial charge is 0.346 e. The van der Waals surface area contributed by atoms with E-state index in [2.05, 4.69) is 5.32 Å². The quantitative estimate of drug-likeness (QED) is 0.830. The monoisotopic (exact) mass is 217 g/mol. The highest BCUT2D eigenvalue weighted by Crippen LogP contribution is 2.14. The molecule has 0 heterocycles. The Kier molecular flexibility index (Phi) is 3.34. The fourth-order valence-corrected chi connectivity index (χ4v) is 1.73. The fourth-order valence-electron chi connectivity index (χ4n) is 1.73. The number of nitrogens with one attached hydrogen (secondary N) is 1. The van der Waals surface area contributed by atoms with Gasteiger partial charge in [-0.2, -0.15) is 0 Å². The number of benzene rings is 1. The van der Waals surface area contributed by atoms with Gasteiger partial charge in [-0.3, -0.25) is 9.59 Å². The number of aryl methyl sites for hydroxylation is 1. The first-order valence-corrected chi connectivity index (χ1v) is 5.62. The lowest BCUT2D eigenvalue weighted by molar-refractivity contribution is -0.132. The van der Waals surface area contributed by atoms with Crippen LogP contribution in [0.4, 0.5) is 0 Å². The average Bonchev–Trinajstić information content (AvgIpc) is 2.33. The van der Waals surface area contributed by atoms with Gasteiger partial charge in [-0.15, -0.1) is 0 Å². The minimum Gasteiger partial charge on any atom is -0.346 e. The topological polar surface area (TPSA) is 46.2 Å². The summed E-state index contributed by atoms with van der Waals surface area (Å²) in [5.41, 5.74) is 1.15. The lowest BCUT2D eigenvalue weighted by Gasteiger charge is -2.24. The summed E-state index contributed by atoms with van der Waals surface area (Å²) in [6, 6.07) is 9.68. The van der Waals surface area contributed by atoms with E-state index in [4.69, 9.17) is 0 Å². The molecule has 0 radical (unpaired) electrons. The van der Waals surface area contributed by atoms with Crippen LogP contribution in [0.1, 0.15) is 24.8 Å². The minimum absolute atomic E-state index is 0.0260. The second kappa shape index (κ2) is 4.92. The molecule has 0 aliphatic heterocycles. The van der Waals surface area contributed by atoms with Crippen LogP contribution in [0.15, 0.2) is 30.3 Å². The van der Waals surface area contributed by atoms with Gasteiger partial charge >= 0.3 is 0 Å². The van der Waals surface area contributed by atoms with Crippen LogP contribution in [-0.2, 0) is 16.0 Å². The maximum atomic E-state index is 11.5. The van der Waals surface area contributed by atoms with Gasteiger partial charge in [-0.1, -0.05) is 30.3 Å². The Morgan fingerprint density at radius 2 is 2.06 bits per heavy atom. The molecule has 3 heteroatoms. The highest BCUT2D eigenvalue weighted by atomic mass is 16.2. The number of carbonyl (C=O) groups excluding carboxylic acids is 2. The van der Waals surface area contributed by atoms with Crippen molar-refractivity contribution in [3.63, 3.8) is 0 Å². The molecule has 1 aromatic rings. The normalized spacial score (nSPS) is 19.0. The minimum atomic E-state index is -0.205. The van der Waals surface area contributed by atoms with Gasteiger partial charge in [0.2, 0.25) is 5.91 Å². The molecule has 0 aromatic heterocycles. The van der Waals surface area contributed by atoms with Gasteiger partial charge in [0.25, 0.3) is 0 Å². The number of hydrogen-bond donors (Lipinski definition) is 1. The molecule has 1 aliphatic carbocycles. The molecule has 16 heavy (non-hydrogen) atoms. The van der Waals surface area contributed by atoms with Crippen LogP contribution < -0.4 is 5.32 Å². The summed E-state index contributed by atoms with van der Waals surface area (Å²) in [5, 5.41) is 2.75. The zero-order valence-corrected chi connectivity index (χ0v) is 9.11. The standard InChI is InChI=1S/C13H15NO2/c15-12-8-7-11(12)14-13(16)9-6-10-4-2-1-3-5-10/h1-5,11H,6-9H2,(H,14,16)/t11-/m0/s1. The van der Waals surface area contributed by atoms with Gasteiger partial charge in [-0.05, 0) is 18.4 Å². The number of carbonyl (C=O) groups is 2. The number of ketones is 1. The molecule has 1 fully saturated rings. The van der Waals surface area contributed by atoms with Crippen LogP contribution in [-0.4, -0.2) is 17.7 Å². The fraction of sp³-hybridized carbons (Fsp3) is 0.385. The van der Waals surface area contributed by atoms with E-state index in [0.717, 1.165) is 18.4 Å². The van der Waals surface area contributed by atoms with Crippen LogP contribution in [0.25, 0.3) is 0 Å². The molecule has 0 saturated heterocycles. The van der Waals surface area contributed by atoms with E-state index in [0.29, 0.717) is 12.8 Å². The summed E-state index contributed by atoms with van der Waals surface area (Å²) in [4.78, 5) is 22.5. The van der Waals surface area contributed by atoms with E-state index in [-0.39, 0.29) is 17.7 Å². The molecule has 1 atom stereocenters. The molecule has 1 aromatic carbocycles. The zero-order valence-electron chi connectivity index (χ0n) is 9.11. The zero-order chi connectivity index (χ0) is 11.4. The van der Waals surface area contributed by atoms with Crippen molar-refractivity contribution in [1.82, 2.24) is 5.32 Å². The molecule has 1 saturated carbocycles. The smallest absolute Gasteiger partial charge is 0.220 e. The average molecular weight is 217 g/mol. The van der Waals surface area contributed by atoms with Crippen LogP contribution in [0, 0.1) is 0 Å². The predicted molar refractivity (Wildman–Crippen MR) is 60.9 cm³/mol. The first-order chi connectivity index (χ1) is 7.75. The van der Waals surface area contributed by atoms with E-state index in [1.54, 1.807) is 0 Å². The van der Waals surface area contributed by atoms with E-state index in [9.17, 15) is 9.59 Å². The lowest BCUT2D eigenvalue weighted by Crippen LogP contribution is -2.47. The molecule has 0 spiro atoms. The molecule has 1 aliphatic rings. The molecule has 3 nitrogen and oxygen atoms in total. The Labute approximate surface area is 94.9 Å². The van der Waals surface area contributed by atoms with E-state index >= 15 is 0 Å². The van der Waals surface area contributed by atoms with Crippen molar-refractivity contribution in [2.45, 2.75) is 31.7 Å². The van der Waals surface area contributed by atoms with Crippen molar-refractivity contribution in [2.24, 2.45) is 0 Å². The second-order valence-electron chi connectivity index (χ2n) is 4.11. The van der Waals surface area contributed by atoms with E-state index in [1.807, 2.05) is 30.3 Å². The van der Waals surface area contributed by atoms with Crippen LogP contribution in [0.3, 0.4) is 0 Å². The highest BCUT2D eigenvalue weighted by molar-refractivity contribution is 5.93. The van der Waals surface area contributed by atoms with E-state index in [1.165, 1.54) is 0 Å². The summed E-state index contributed by atoms with van der Waals surface area (Å²) in [5.74, 6) is 0.134. The third kappa shape index (κ3) is 2.69. The summed E-state index contributed by atoms with van der Waals surface area (Å²) in [7, 11) is 0. The molecule has 1 N–H and O–H groups in total.